The number of rotatable bonds is 3. The maximum Gasteiger partial charge on any atom is 0.0723 e. The van der Waals surface area contributed by atoms with Crippen molar-refractivity contribution in [3.63, 3.8) is 0 Å². The van der Waals surface area contributed by atoms with Crippen LogP contribution >= 0.6 is 0 Å². The van der Waals surface area contributed by atoms with Gasteiger partial charge in [0.15, 0.2) is 0 Å². The first-order chi connectivity index (χ1) is 9.27. The standard InChI is InChI=1S/C16H24N2O/c1-18(12-14-5-3-2-4-6-14)15-11-16(19-13-15)7-9-17-10-8-16/h2-6,15,17H,7-13H2,1H3. The minimum atomic E-state index is 0.168. The van der Waals surface area contributed by atoms with Gasteiger partial charge in [0.1, 0.15) is 0 Å². The summed E-state index contributed by atoms with van der Waals surface area (Å²) in [4.78, 5) is 2.45. The van der Waals surface area contributed by atoms with E-state index < -0.39 is 0 Å². The highest BCUT2D eigenvalue weighted by Gasteiger charge is 2.42. The molecule has 0 aromatic heterocycles. The summed E-state index contributed by atoms with van der Waals surface area (Å²) < 4.78 is 6.17. The van der Waals surface area contributed by atoms with E-state index in [1.165, 1.54) is 24.8 Å². The fourth-order valence-electron chi connectivity index (χ4n) is 3.33. The minimum absolute atomic E-state index is 0.168. The van der Waals surface area contributed by atoms with Crippen molar-refractivity contribution in [3.8, 4) is 0 Å². The third-order valence-electron chi connectivity index (χ3n) is 4.60. The molecule has 0 aliphatic carbocycles. The van der Waals surface area contributed by atoms with Crippen LogP contribution in [0.4, 0.5) is 0 Å². The number of nitrogens with zero attached hydrogens (tertiary/aromatic N) is 1. The number of piperidine rings is 1. The summed E-state index contributed by atoms with van der Waals surface area (Å²) in [6.07, 6.45) is 3.53. The van der Waals surface area contributed by atoms with Gasteiger partial charge in [-0.05, 0) is 45.0 Å². The predicted octanol–water partition coefficient (Wildman–Crippen LogP) is 2.03. The molecule has 2 heterocycles. The third kappa shape index (κ3) is 2.99. The maximum atomic E-state index is 6.17. The van der Waals surface area contributed by atoms with E-state index in [0.717, 1.165) is 26.2 Å². The van der Waals surface area contributed by atoms with Crippen molar-refractivity contribution < 1.29 is 4.74 Å². The van der Waals surface area contributed by atoms with Gasteiger partial charge in [-0.15, -0.1) is 0 Å². The van der Waals surface area contributed by atoms with Crippen LogP contribution in [-0.4, -0.2) is 43.3 Å². The van der Waals surface area contributed by atoms with Gasteiger partial charge in [0.2, 0.25) is 0 Å². The van der Waals surface area contributed by atoms with Crippen molar-refractivity contribution in [2.24, 2.45) is 0 Å². The summed E-state index contributed by atoms with van der Waals surface area (Å²) in [5.41, 5.74) is 1.55. The average molecular weight is 260 g/mol. The van der Waals surface area contributed by atoms with E-state index in [1.54, 1.807) is 0 Å². The average Bonchev–Trinajstić information content (AvgIpc) is 2.85. The van der Waals surface area contributed by atoms with Crippen molar-refractivity contribution in [1.29, 1.82) is 0 Å². The van der Waals surface area contributed by atoms with Gasteiger partial charge in [0, 0.05) is 12.6 Å². The Kier molecular flexibility index (Phi) is 3.87. The molecule has 0 radical (unpaired) electrons. The van der Waals surface area contributed by atoms with Gasteiger partial charge in [0.25, 0.3) is 0 Å². The molecule has 2 aliphatic rings. The van der Waals surface area contributed by atoms with Crippen LogP contribution in [0.2, 0.25) is 0 Å². The second-order valence-corrected chi connectivity index (χ2v) is 6.00. The van der Waals surface area contributed by atoms with Crippen LogP contribution in [0.15, 0.2) is 30.3 Å². The lowest BCUT2D eigenvalue weighted by atomic mass is 9.88. The summed E-state index contributed by atoms with van der Waals surface area (Å²) >= 11 is 0. The van der Waals surface area contributed by atoms with Gasteiger partial charge < -0.3 is 10.1 Å². The molecule has 1 aromatic rings. The van der Waals surface area contributed by atoms with Crippen LogP contribution in [0.1, 0.15) is 24.8 Å². The molecule has 2 fully saturated rings. The molecule has 1 spiro atoms. The minimum Gasteiger partial charge on any atom is -0.373 e. The Balaban J connectivity index is 1.58. The Bertz CT molecular complexity index is 400. The van der Waals surface area contributed by atoms with E-state index in [1.807, 2.05) is 0 Å². The van der Waals surface area contributed by atoms with E-state index in [0.29, 0.717) is 6.04 Å². The molecule has 2 saturated heterocycles. The molecule has 3 heteroatoms. The van der Waals surface area contributed by atoms with Gasteiger partial charge in [-0.25, -0.2) is 0 Å². The molecule has 3 nitrogen and oxygen atoms in total. The molecule has 104 valence electrons. The number of likely N-dealkylation sites (N-methyl/N-ethyl adjacent to an activating group) is 1. The van der Waals surface area contributed by atoms with E-state index >= 15 is 0 Å². The lowest BCUT2D eigenvalue weighted by molar-refractivity contribution is -0.0201. The normalized spacial score (nSPS) is 26.1. The van der Waals surface area contributed by atoms with Gasteiger partial charge in [0.05, 0.1) is 12.2 Å². The smallest absolute Gasteiger partial charge is 0.0723 e. The number of hydrogen-bond acceptors (Lipinski definition) is 3. The van der Waals surface area contributed by atoms with Crippen molar-refractivity contribution >= 4 is 0 Å². The largest absolute Gasteiger partial charge is 0.373 e. The van der Waals surface area contributed by atoms with Crippen LogP contribution in [0, 0.1) is 0 Å². The monoisotopic (exact) mass is 260 g/mol. The lowest BCUT2D eigenvalue weighted by Gasteiger charge is -2.33. The maximum absolute atomic E-state index is 6.17. The van der Waals surface area contributed by atoms with E-state index in [2.05, 4.69) is 47.6 Å². The Hall–Kier alpha value is -0.900. The highest BCUT2D eigenvalue weighted by Crippen LogP contribution is 2.35. The number of hydrogen-bond donors (Lipinski definition) is 1. The van der Waals surface area contributed by atoms with Crippen molar-refractivity contribution in [2.75, 3.05) is 26.7 Å². The SMILES string of the molecule is CN(Cc1ccccc1)C1COC2(CCNCC2)C1. The van der Waals surface area contributed by atoms with Gasteiger partial charge in [-0.1, -0.05) is 30.3 Å². The van der Waals surface area contributed by atoms with Crippen LogP contribution in [0.5, 0.6) is 0 Å². The molecule has 1 aromatic carbocycles. The first kappa shape index (κ1) is 13.1. The Labute approximate surface area is 115 Å². The topological polar surface area (TPSA) is 24.5 Å². The number of benzene rings is 1. The van der Waals surface area contributed by atoms with Crippen LogP contribution in [-0.2, 0) is 11.3 Å². The quantitative estimate of drug-likeness (QED) is 0.900. The van der Waals surface area contributed by atoms with Crippen molar-refractivity contribution in [2.45, 2.75) is 37.5 Å². The summed E-state index contributed by atoms with van der Waals surface area (Å²) in [6.45, 7) is 4.12. The summed E-state index contributed by atoms with van der Waals surface area (Å²) in [6, 6.07) is 11.3. The fourth-order valence-corrected chi connectivity index (χ4v) is 3.33. The summed E-state index contributed by atoms with van der Waals surface area (Å²) in [5, 5.41) is 3.43. The van der Waals surface area contributed by atoms with Crippen molar-refractivity contribution in [1.82, 2.24) is 10.2 Å². The third-order valence-corrected chi connectivity index (χ3v) is 4.60. The fraction of sp³-hybridized carbons (Fsp3) is 0.625. The van der Waals surface area contributed by atoms with E-state index in [4.69, 9.17) is 4.74 Å². The number of nitrogens with one attached hydrogen (secondary N) is 1. The second kappa shape index (κ2) is 5.61. The van der Waals surface area contributed by atoms with Gasteiger partial charge >= 0.3 is 0 Å². The molecule has 0 saturated carbocycles. The first-order valence-corrected chi connectivity index (χ1v) is 7.36. The number of ether oxygens (including phenoxy) is 1. The zero-order valence-corrected chi connectivity index (χ0v) is 11.8. The molecule has 0 bridgehead atoms. The molecular weight excluding hydrogens is 236 g/mol. The van der Waals surface area contributed by atoms with Gasteiger partial charge in [-0.2, -0.15) is 0 Å². The van der Waals surface area contributed by atoms with Crippen molar-refractivity contribution in [3.05, 3.63) is 35.9 Å². The van der Waals surface area contributed by atoms with E-state index in [9.17, 15) is 0 Å². The van der Waals surface area contributed by atoms with Gasteiger partial charge in [-0.3, -0.25) is 4.90 Å². The molecule has 1 unspecified atom stereocenters. The zero-order valence-electron chi connectivity index (χ0n) is 11.8. The Morgan fingerprint density at radius 3 is 2.74 bits per heavy atom. The Morgan fingerprint density at radius 2 is 2.00 bits per heavy atom. The molecule has 3 rings (SSSR count). The molecule has 2 aliphatic heterocycles. The van der Waals surface area contributed by atoms with Crippen LogP contribution in [0.3, 0.4) is 0 Å². The molecule has 19 heavy (non-hydrogen) atoms. The van der Waals surface area contributed by atoms with Crippen LogP contribution in [0.25, 0.3) is 0 Å². The van der Waals surface area contributed by atoms with E-state index in [-0.39, 0.29) is 5.60 Å². The summed E-state index contributed by atoms with van der Waals surface area (Å²) in [5.74, 6) is 0. The lowest BCUT2D eigenvalue weighted by Crippen LogP contribution is -2.42. The summed E-state index contributed by atoms with van der Waals surface area (Å²) in [7, 11) is 2.22. The Morgan fingerprint density at radius 1 is 1.26 bits per heavy atom. The second-order valence-electron chi connectivity index (χ2n) is 6.00. The van der Waals surface area contributed by atoms with Crippen LogP contribution < -0.4 is 5.32 Å². The molecular formula is C16H24N2O. The zero-order chi connectivity index (χ0) is 13.1. The highest BCUT2D eigenvalue weighted by molar-refractivity contribution is 5.14. The predicted molar refractivity (Wildman–Crippen MR) is 77.1 cm³/mol. The first-order valence-electron chi connectivity index (χ1n) is 7.36. The highest BCUT2D eigenvalue weighted by atomic mass is 16.5. The molecule has 1 atom stereocenters. The molecule has 1 N–H and O–H groups in total. The molecule has 0 amide bonds.